The van der Waals surface area contributed by atoms with Gasteiger partial charge in [-0.2, -0.15) is 0 Å². The molecule has 0 bridgehead atoms. The zero-order chi connectivity index (χ0) is 11.2. The number of nitrogens with one attached hydrogen (secondary N) is 1. The Morgan fingerprint density at radius 2 is 1.86 bits per heavy atom. The minimum absolute atomic E-state index is 0.0525. The molecule has 0 atom stereocenters. The highest BCUT2D eigenvalue weighted by atomic mass is 35.5. The first kappa shape index (κ1) is 13.8. The third-order valence-electron chi connectivity index (χ3n) is 2.95. The molecule has 0 aromatic heterocycles. The normalized spacial score (nSPS) is 11.9. The maximum absolute atomic E-state index is 11.4. The van der Waals surface area contributed by atoms with Crippen LogP contribution in [0.5, 0.6) is 0 Å². The maximum atomic E-state index is 11.4. The summed E-state index contributed by atoms with van der Waals surface area (Å²) in [5.41, 5.74) is 0.0755. The molecule has 14 heavy (non-hydrogen) atoms. The van der Waals surface area contributed by atoms with Crippen molar-refractivity contribution in [2.24, 2.45) is 11.3 Å². The molecule has 0 aromatic carbocycles. The number of rotatable bonds is 6. The van der Waals surface area contributed by atoms with Gasteiger partial charge in [-0.05, 0) is 12.8 Å². The van der Waals surface area contributed by atoms with E-state index in [0.29, 0.717) is 12.4 Å². The van der Waals surface area contributed by atoms with Gasteiger partial charge in [0.15, 0.2) is 0 Å². The Balaban J connectivity index is 4.12. The lowest BCUT2D eigenvalue weighted by Crippen LogP contribution is -2.39. The second-order valence-electron chi connectivity index (χ2n) is 4.21. The molecule has 0 heterocycles. The molecule has 0 fully saturated rings. The van der Waals surface area contributed by atoms with E-state index in [2.05, 4.69) is 19.2 Å². The van der Waals surface area contributed by atoms with Gasteiger partial charge in [0.1, 0.15) is 0 Å². The molecule has 2 nitrogen and oxygen atoms in total. The predicted molar refractivity (Wildman–Crippen MR) is 61.6 cm³/mol. The van der Waals surface area contributed by atoms with Crippen LogP contribution >= 0.6 is 11.6 Å². The fourth-order valence-corrected chi connectivity index (χ4v) is 1.69. The molecule has 0 saturated heterocycles. The molecule has 84 valence electrons. The Morgan fingerprint density at radius 1 is 1.36 bits per heavy atom. The van der Waals surface area contributed by atoms with Gasteiger partial charge in [0.25, 0.3) is 0 Å². The fourth-order valence-electron chi connectivity index (χ4n) is 1.21. The van der Waals surface area contributed by atoms with Gasteiger partial charge in [0, 0.05) is 23.8 Å². The van der Waals surface area contributed by atoms with Crippen LogP contribution in [0.3, 0.4) is 0 Å². The number of hydrogen-bond acceptors (Lipinski definition) is 1. The summed E-state index contributed by atoms with van der Waals surface area (Å²) in [7, 11) is 0. The van der Waals surface area contributed by atoms with Crippen LogP contribution in [0.15, 0.2) is 0 Å². The third kappa shape index (κ3) is 3.87. The van der Waals surface area contributed by atoms with E-state index in [1.165, 1.54) is 0 Å². The minimum atomic E-state index is 0.0525. The first-order valence-electron chi connectivity index (χ1n) is 5.35. The molecule has 0 rings (SSSR count). The van der Waals surface area contributed by atoms with Gasteiger partial charge in [-0.1, -0.05) is 27.7 Å². The SMILES string of the molecule is CCC(CC)(CCl)CNC(=O)C(C)C. The number of halogens is 1. The van der Waals surface area contributed by atoms with Gasteiger partial charge in [0.05, 0.1) is 0 Å². The van der Waals surface area contributed by atoms with Crippen molar-refractivity contribution in [2.45, 2.75) is 40.5 Å². The number of amides is 1. The molecule has 3 heteroatoms. The van der Waals surface area contributed by atoms with Crippen molar-refractivity contribution in [1.29, 1.82) is 0 Å². The van der Waals surface area contributed by atoms with Crippen molar-refractivity contribution in [2.75, 3.05) is 12.4 Å². The summed E-state index contributed by atoms with van der Waals surface area (Å²) in [6.45, 7) is 8.73. The summed E-state index contributed by atoms with van der Waals surface area (Å²) < 4.78 is 0. The Labute approximate surface area is 92.4 Å². The van der Waals surface area contributed by atoms with Crippen molar-refractivity contribution in [3.63, 3.8) is 0 Å². The van der Waals surface area contributed by atoms with E-state index in [1.807, 2.05) is 13.8 Å². The molecule has 1 N–H and O–H groups in total. The van der Waals surface area contributed by atoms with Gasteiger partial charge < -0.3 is 5.32 Å². The molecule has 0 unspecified atom stereocenters. The predicted octanol–water partition coefficient (Wildman–Crippen LogP) is 2.80. The monoisotopic (exact) mass is 219 g/mol. The molecule has 0 aliphatic rings. The van der Waals surface area contributed by atoms with E-state index in [1.54, 1.807) is 0 Å². The Bertz CT molecular complexity index is 168. The van der Waals surface area contributed by atoms with E-state index in [-0.39, 0.29) is 17.2 Å². The molecular formula is C11H22ClNO. The Hall–Kier alpha value is -0.240. The van der Waals surface area contributed by atoms with Crippen LogP contribution in [0.2, 0.25) is 0 Å². The lowest BCUT2D eigenvalue weighted by Gasteiger charge is -2.29. The topological polar surface area (TPSA) is 29.1 Å². The first-order valence-corrected chi connectivity index (χ1v) is 5.88. The summed E-state index contributed by atoms with van der Waals surface area (Å²) in [6, 6.07) is 0. The minimum Gasteiger partial charge on any atom is -0.355 e. The molecule has 0 spiro atoms. The lowest BCUT2D eigenvalue weighted by atomic mass is 9.84. The highest BCUT2D eigenvalue weighted by molar-refractivity contribution is 6.18. The molecule has 0 aliphatic carbocycles. The van der Waals surface area contributed by atoms with Crippen molar-refractivity contribution < 1.29 is 4.79 Å². The second kappa shape index (κ2) is 6.28. The van der Waals surface area contributed by atoms with Gasteiger partial charge >= 0.3 is 0 Å². The van der Waals surface area contributed by atoms with Crippen LogP contribution in [-0.4, -0.2) is 18.3 Å². The molecule has 0 saturated carbocycles. The van der Waals surface area contributed by atoms with Crippen LogP contribution in [-0.2, 0) is 4.79 Å². The average Bonchev–Trinajstić information content (AvgIpc) is 2.20. The number of carbonyl (C=O) groups excluding carboxylic acids is 1. The van der Waals surface area contributed by atoms with E-state index in [4.69, 9.17) is 11.6 Å². The summed E-state index contributed by atoms with van der Waals surface area (Å²) in [5.74, 6) is 0.774. The number of carbonyl (C=O) groups is 1. The largest absolute Gasteiger partial charge is 0.355 e. The average molecular weight is 220 g/mol. The summed E-state index contributed by atoms with van der Waals surface area (Å²) >= 11 is 5.94. The third-order valence-corrected chi connectivity index (χ3v) is 3.51. The van der Waals surface area contributed by atoms with Gasteiger partial charge in [0.2, 0.25) is 5.91 Å². The maximum Gasteiger partial charge on any atom is 0.222 e. The number of hydrogen-bond donors (Lipinski definition) is 1. The highest BCUT2D eigenvalue weighted by Gasteiger charge is 2.25. The standard InChI is InChI=1S/C11H22ClNO/c1-5-11(6-2,7-12)8-13-10(14)9(3)4/h9H,5-8H2,1-4H3,(H,13,14). The molecule has 0 aliphatic heterocycles. The van der Waals surface area contributed by atoms with Crippen molar-refractivity contribution in [3.05, 3.63) is 0 Å². The summed E-state index contributed by atoms with van der Waals surface area (Å²) in [4.78, 5) is 11.4. The Morgan fingerprint density at radius 3 is 2.14 bits per heavy atom. The van der Waals surface area contributed by atoms with Crippen LogP contribution in [0.1, 0.15) is 40.5 Å². The summed E-state index contributed by atoms with van der Waals surface area (Å²) in [6.07, 6.45) is 2.01. The van der Waals surface area contributed by atoms with Crippen LogP contribution in [0.4, 0.5) is 0 Å². The second-order valence-corrected chi connectivity index (χ2v) is 4.48. The number of alkyl halides is 1. The van der Waals surface area contributed by atoms with Crippen molar-refractivity contribution in [1.82, 2.24) is 5.32 Å². The van der Waals surface area contributed by atoms with Crippen LogP contribution in [0, 0.1) is 11.3 Å². The Kier molecular flexibility index (Phi) is 6.17. The van der Waals surface area contributed by atoms with E-state index in [9.17, 15) is 4.79 Å². The van der Waals surface area contributed by atoms with Crippen molar-refractivity contribution >= 4 is 17.5 Å². The van der Waals surface area contributed by atoms with Gasteiger partial charge in [-0.3, -0.25) is 4.79 Å². The molecule has 0 aromatic rings. The highest BCUT2D eigenvalue weighted by Crippen LogP contribution is 2.26. The quantitative estimate of drug-likeness (QED) is 0.684. The van der Waals surface area contributed by atoms with Crippen LogP contribution in [0.25, 0.3) is 0 Å². The molecular weight excluding hydrogens is 198 g/mol. The van der Waals surface area contributed by atoms with E-state index >= 15 is 0 Å². The fraction of sp³-hybridized carbons (Fsp3) is 0.909. The first-order chi connectivity index (χ1) is 6.51. The van der Waals surface area contributed by atoms with Crippen LogP contribution < -0.4 is 5.32 Å². The van der Waals surface area contributed by atoms with Gasteiger partial charge in [-0.25, -0.2) is 0 Å². The van der Waals surface area contributed by atoms with E-state index < -0.39 is 0 Å². The lowest BCUT2D eigenvalue weighted by molar-refractivity contribution is -0.124. The van der Waals surface area contributed by atoms with Crippen molar-refractivity contribution in [3.8, 4) is 0 Å². The zero-order valence-corrected chi connectivity index (χ0v) is 10.4. The van der Waals surface area contributed by atoms with E-state index in [0.717, 1.165) is 12.8 Å². The van der Waals surface area contributed by atoms with Gasteiger partial charge in [-0.15, -0.1) is 11.6 Å². The smallest absolute Gasteiger partial charge is 0.222 e. The molecule has 1 amide bonds. The summed E-state index contributed by atoms with van der Waals surface area (Å²) in [5, 5.41) is 2.95. The molecule has 0 radical (unpaired) electrons. The zero-order valence-electron chi connectivity index (χ0n) is 9.69.